The second-order valence-electron chi connectivity index (χ2n) is 4.64. The molecule has 1 atom stereocenters. The van der Waals surface area contributed by atoms with Crippen LogP contribution < -0.4 is 5.32 Å². The average Bonchev–Trinajstić information content (AvgIpc) is 2.42. The van der Waals surface area contributed by atoms with E-state index in [1.165, 1.54) is 0 Å². The number of hydrogen-bond donors (Lipinski definition) is 4. The van der Waals surface area contributed by atoms with E-state index in [1.54, 1.807) is 4.90 Å². The van der Waals surface area contributed by atoms with Gasteiger partial charge >= 0.3 is 5.97 Å². The molecule has 3 radical (unpaired) electrons. The molecular formula is C13H25IrN2O5SV2-. The molecule has 0 bridgehead atoms. The minimum atomic E-state index is -0.966. The van der Waals surface area contributed by atoms with Gasteiger partial charge in [0.1, 0.15) is 6.04 Å². The van der Waals surface area contributed by atoms with Gasteiger partial charge in [-0.1, -0.05) is 0 Å². The molecule has 7 nitrogen and oxygen atoms in total. The number of aliphatic hydroxyl groups is 2. The predicted octanol–water partition coefficient (Wildman–Crippen LogP) is -1.06. The molecule has 0 aromatic rings. The maximum Gasteiger partial charge on any atom is 0.320 e. The van der Waals surface area contributed by atoms with Crippen molar-refractivity contribution in [2.24, 2.45) is 0 Å². The first-order chi connectivity index (χ1) is 10.1. The monoisotopic (exact) mass is 616 g/mol. The second kappa shape index (κ2) is 22.0. The molecule has 0 aromatic carbocycles. The van der Waals surface area contributed by atoms with Crippen molar-refractivity contribution < 1.29 is 82.1 Å². The Labute approximate surface area is 186 Å². The van der Waals surface area contributed by atoms with E-state index in [0.717, 1.165) is 0 Å². The van der Waals surface area contributed by atoms with E-state index >= 15 is 0 Å². The minimum absolute atomic E-state index is 0. The van der Waals surface area contributed by atoms with Gasteiger partial charge in [-0.05, 0) is 19.3 Å². The summed E-state index contributed by atoms with van der Waals surface area (Å²) in [6.07, 6.45) is 2.05. The first kappa shape index (κ1) is 32.6. The third kappa shape index (κ3) is 16.5. The number of rotatable bonds is 13. The standard InChI is InChI=1S/C13H26N2O5S.Ir.2V/c16-8-6-15(7-9-17)11(13(19)20)3-1-2-5-14-12(18)4-10-21;;;/h11,16-17,21H,1-10H2,(H,14,18)(H,19,20);;;/p-1. The third-order valence-electron chi connectivity index (χ3n) is 3.06. The molecule has 0 fully saturated rings. The Kier molecular flexibility index (Phi) is 30.0. The molecule has 4 N–H and O–H groups in total. The maximum atomic E-state index is 11.3. The van der Waals surface area contributed by atoms with Crippen molar-refractivity contribution in [3.63, 3.8) is 0 Å². The predicted molar refractivity (Wildman–Crippen MR) is 80.9 cm³/mol. The number of carboxylic acids is 1. The Balaban J connectivity index is -0.000000667. The summed E-state index contributed by atoms with van der Waals surface area (Å²) in [6, 6.07) is -0.729. The zero-order valence-electron chi connectivity index (χ0n) is 13.4. The zero-order chi connectivity index (χ0) is 16.1. The van der Waals surface area contributed by atoms with Crippen LogP contribution in [0, 0.1) is 0 Å². The van der Waals surface area contributed by atoms with Crippen LogP contribution in [0.15, 0.2) is 0 Å². The second-order valence-corrected chi connectivity index (χ2v) is 5.05. The summed E-state index contributed by atoms with van der Waals surface area (Å²) in [7, 11) is 0. The topological polar surface area (TPSA) is 110 Å². The number of unbranched alkanes of at least 4 members (excludes halogenated alkanes) is 1. The van der Waals surface area contributed by atoms with Crippen LogP contribution in [-0.4, -0.2) is 76.7 Å². The molecule has 0 saturated carbocycles. The van der Waals surface area contributed by atoms with Crippen LogP contribution in [-0.2, 0) is 79.4 Å². The van der Waals surface area contributed by atoms with Gasteiger partial charge in [0.05, 0.1) is 13.2 Å². The van der Waals surface area contributed by atoms with E-state index in [4.69, 9.17) is 22.8 Å². The molecule has 0 aliphatic rings. The van der Waals surface area contributed by atoms with Crippen LogP contribution in [0.1, 0.15) is 25.7 Å². The number of carbonyl (C=O) groups excluding carboxylic acids is 1. The first-order valence-electron chi connectivity index (χ1n) is 7.10. The fourth-order valence-electron chi connectivity index (χ4n) is 2.01. The summed E-state index contributed by atoms with van der Waals surface area (Å²) >= 11 is 4.70. The van der Waals surface area contributed by atoms with Crippen molar-refractivity contribution in [1.29, 1.82) is 0 Å². The van der Waals surface area contributed by atoms with Gasteiger partial charge in [-0.2, -0.15) is 5.75 Å². The molecule has 0 saturated heterocycles. The number of hydrogen-bond acceptors (Lipinski definition) is 6. The van der Waals surface area contributed by atoms with Crippen molar-refractivity contribution in [3.05, 3.63) is 0 Å². The molecule has 0 aliphatic carbocycles. The molecule has 1 amide bonds. The van der Waals surface area contributed by atoms with E-state index in [-0.39, 0.29) is 89.4 Å². The van der Waals surface area contributed by atoms with Crippen LogP contribution >= 0.6 is 0 Å². The molecule has 11 heteroatoms. The Morgan fingerprint density at radius 3 is 2.04 bits per heavy atom. The number of carbonyl (C=O) groups is 2. The number of carboxylic acid groups (broad SMARTS) is 1. The Bertz CT molecular complexity index is 314. The number of nitrogens with one attached hydrogen (secondary N) is 1. The molecule has 143 valence electrons. The van der Waals surface area contributed by atoms with Gasteiger partial charge < -0.3 is 33.3 Å². The molecule has 1 unspecified atom stereocenters. The molecule has 0 heterocycles. The minimum Gasteiger partial charge on any atom is -0.792 e. The van der Waals surface area contributed by atoms with Gasteiger partial charge in [0.15, 0.2) is 0 Å². The summed E-state index contributed by atoms with van der Waals surface area (Å²) in [4.78, 5) is 24.0. The molecule has 0 spiro atoms. The van der Waals surface area contributed by atoms with Crippen molar-refractivity contribution in [1.82, 2.24) is 10.2 Å². The Morgan fingerprint density at radius 1 is 1.08 bits per heavy atom. The van der Waals surface area contributed by atoms with Crippen molar-refractivity contribution in [2.75, 3.05) is 38.6 Å². The number of nitrogens with zero attached hydrogens (tertiary/aromatic N) is 1. The molecule has 0 aromatic heterocycles. The van der Waals surface area contributed by atoms with Crippen molar-refractivity contribution >= 4 is 24.5 Å². The normalized spacial score (nSPS) is 10.8. The Hall–Kier alpha value is 0.988. The van der Waals surface area contributed by atoms with Crippen molar-refractivity contribution in [3.8, 4) is 0 Å². The van der Waals surface area contributed by atoms with Crippen LogP contribution in [0.5, 0.6) is 0 Å². The van der Waals surface area contributed by atoms with Gasteiger partial charge in [0.25, 0.3) is 0 Å². The number of amides is 1. The molecular weight excluding hydrogens is 590 g/mol. The fourth-order valence-corrected chi connectivity index (χ4v) is 2.20. The zero-order valence-corrected chi connectivity index (χ0v) is 19.4. The van der Waals surface area contributed by atoms with Crippen molar-refractivity contribution in [2.45, 2.75) is 31.7 Å². The summed E-state index contributed by atoms with van der Waals surface area (Å²) in [5.74, 6) is -0.654. The van der Waals surface area contributed by atoms with Gasteiger partial charge in [0.2, 0.25) is 5.91 Å². The van der Waals surface area contributed by atoms with Crippen LogP contribution in [0.2, 0.25) is 0 Å². The van der Waals surface area contributed by atoms with E-state index in [0.29, 0.717) is 38.0 Å². The van der Waals surface area contributed by atoms with E-state index in [1.807, 2.05) is 0 Å². The quantitative estimate of drug-likeness (QED) is 0.155. The summed E-state index contributed by atoms with van der Waals surface area (Å²) < 4.78 is 0. The van der Waals surface area contributed by atoms with Crippen LogP contribution in [0.25, 0.3) is 0 Å². The fraction of sp³-hybridized carbons (Fsp3) is 0.846. The summed E-state index contributed by atoms with van der Waals surface area (Å²) in [6.45, 7) is 0.628. The first-order valence-corrected chi connectivity index (χ1v) is 7.68. The third-order valence-corrected chi connectivity index (χ3v) is 3.26. The SMILES string of the molecule is O=C(CC[S-])NCCCCC(C(=O)O)N(CCO)CCO.[Ir].[V].[V]. The molecule has 24 heavy (non-hydrogen) atoms. The van der Waals surface area contributed by atoms with E-state index < -0.39 is 12.0 Å². The maximum absolute atomic E-state index is 11.3. The van der Waals surface area contributed by atoms with Gasteiger partial charge in [-0.15, -0.1) is 0 Å². The summed E-state index contributed by atoms with van der Waals surface area (Å²) in [5.41, 5.74) is 0. The van der Waals surface area contributed by atoms with E-state index in [9.17, 15) is 14.7 Å². The average molecular weight is 616 g/mol. The van der Waals surface area contributed by atoms with E-state index in [2.05, 4.69) is 5.32 Å². The van der Waals surface area contributed by atoms with Crippen LogP contribution in [0.3, 0.4) is 0 Å². The van der Waals surface area contributed by atoms with Gasteiger partial charge in [-0.3, -0.25) is 14.5 Å². The number of aliphatic hydroxyl groups excluding tert-OH is 2. The van der Waals surface area contributed by atoms with Crippen LogP contribution in [0.4, 0.5) is 0 Å². The largest absolute Gasteiger partial charge is 0.792 e. The van der Waals surface area contributed by atoms with Gasteiger partial charge in [-0.25, -0.2) is 0 Å². The van der Waals surface area contributed by atoms with Gasteiger partial charge in [0, 0.05) is 83.3 Å². The Morgan fingerprint density at radius 2 is 1.62 bits per heavy atom. The smallest absolute Gasteiger partial charge is 0.320 e. The summed E-state index contributed by atoms with van der Waals surface area (Å²) in [5, 5.41) is 29.8. The molecule has 0 rings (SSSR count). The molecule has 0 aliphatic heterocycles. The number of aliphatic carboxylic acids is 1.